The maximum absolute atomic E-state index is 9.10. The molecule has 3 aliphatic rings. The van der Waals surface area contributed by atoms with Gasteiger partial charge >= 0.3 is 11.9 Å². The lowest BCUT2D eigenvalue weighted by molar-refractivity contribution is -0.159. The maximum Gasteiger partial charge on any atom is 0.414 e. The molecule has 172 valence electrons. The lowest BCUT2D eigenvalue weighted by Gasteiger charge is -2.45. The molecular weight excluding hydrogens is 394 g/mol. The molecular formula is C24H37N3O4. The molecule has 2 heterocycles. The second-order valence-corrected chi connectivity index (χ2v) is 8.97. The molecule has 0 amide bonds. The zero-order valence-electron chi connectivity index (χ0n) is 18.5. The van der Waals surface area contributed by atoms with E-state index in [4.69, 9.17) is 19.8 Å². The Morgan fingerprint density at radius 3 is 1.68 bits per heavy atom. The number of hydrogen-bond donors (Lipinski definition) is 2. The molecule has 2 aliphatic heterocycles. The van der Waals surface area contributed by atoms with Crippen molar-refractivity contribution in [3.8, 4) is 0 Å². The minimum absolute atomic E-state index is 0.834. The lowest BCUT2D eigenvalue weighted by Crippen LogP contribution is -2.55. The van der Waals surface area contributed by atoms with Crippen LogP contribution < -0.4 is 0 Å². The molecule has 1 saturated carbocycles. The first-order chi connectivity index (χ1) is 15.0. The zero-order chi connectivity index (χ0) is 22.1. The van der Waals surface area contributed by atoms with Gasteiger partial charge in [0, 0.05) is 44.8 Å². The fraction of sp³-hybridized carbons (Fsp3) is 0.667. The van der Waals surface area contributed by atoms with E-state index in [0.717, 1.165) is 18.6 Å². The Bertz CT molecular complexity index is 665. The van der Waals surface area contributed by atoms with Crippen molar-refractivity contribution in [3.63, 3.8) is 0 Å². The molecule has 1 aromatic carbocycles. The van der Waals surface area contributed by atoms with Gasteiger partial charge in [0.25, 0.3) is 0 Å². The second kappa shape index (κ2) is 12.2. The van der Waals surface area contributed by atoms with Crippen LogP contribution in [0.3, 0.4) is 0 Å². The minimum atomic E-state index is -1.82. The number of nitrogens with zero attached hydrogens (tertiary/aromatic N) is 3. The molecule has 0 atom stereocenters. The van der Waals surface area contributed by atoms with Gasteiger partial charge in [0.2, 0.25) is 0 Å². The van der Waals surface area contributed by atoms with E-state index in [9.17, 15) is 0 Å². The van der Waals surface area contributed by atoms with E-state index in [2.05, 4.69) is 45.0 Å². The van der Waals surface area contributed by atoms with Crippen molar-refractivity contribution in [3.05, 3.63) is 35.9 Å². The average Bonchev–Trinajstić information content (AvgIpc) is 2.81. The number of carbonyl (C=O) groups is 2. The highest BCUT2D eigenvalue weighted by atomic mass is 16.4. The molecule has 7 nitrogen and oxygen atoms in total. The first-order valence-electron chi connectivity index (χ1n) is 11.7. The number of carboxylic acid groups (broad SMARTS) is 2. The predicted molar refractivity (Wildman–Crippen MR) is 120 cm³/mol. The van der Waals surface area contributed by atoms with E-state index < -0.39 is 11.9 Å². The number of aliphatic carboxylic acids is 2. The molecule has 0 unspecified atom stereocenters. The van der Waals surface area contributed by atoms with Crippen LogP contribution in [0.25, 0.3) is 0 Å². The molecule has 0 aromatic heterocycles. The monoisotopic (exact) mass is 431 g/mol. The largest absolute Gasteiger partial charge is 0.473 e. The summed E-state index contributed by atoms with van der Waals surface area (Å²) in [5.41, 5.74) is 1.46. The number of carboxylic acids is 2. The van der Waals surface area contributed by atoms with Crippen molar-refractivity contribution in [2.75, 3.05) is 39.3 Å². The minimum Gasteiger partial charge on any atom is -0.473 e. The van der Waals surface area contributed by atoms with Gasteiger partial charge in [0.15, 0.2) is 0 Å². The summed E-state index contributed by atoms with van der Waals surface area (Å²) in [5, 5.41) is 14.8. The highest BCUT2D eigenvalue weighted by Crippen LogP contribution is 2.25. The molecule has 2 N–H and O–H groups in total. The fourth-order valence-corrected chi connectivity index (χ4v) is 5.20. The van der Waals surface area contributed by atoms with E-state index in [1.807, 2.05) is 0 Å². The van der Waals surface area contributed by atoms with Crippen molar-refractivity contribution in [1.29, 1.82) is 0 Å². The number of hydrogen-bond acceptors (Lipinski definition) is 5. The van der Waals surface area contributed by atoms with Gasteiger partial charge in [-0.05, 0) is 44.3 Å². The van der Waals surface area contributed by atoms with Crippen LogP contribution in [0.2, 0.25) is 0 Å². The van der Waals surface area contributed by atoms with Gasteiger partial charge in [0.1, 0.15) is 0 Å². The molecule has 1 aromatic rings. The third-order valence-electron chi connectivity index (χ3n) is 6.95. The molecule has 7 heteroatoms. The SMILES string of the molecule is O=C(O)C(=O)O.c1ccc(CN2CCC(N3CCN(C4CCCCC4)CC3)CC2)cc1. The third-order valence-corrected chi connectivity index (χ3v) is 6.95. The van der Waals surface area contributed by atoms with Crippen LogP contribution >= 0.6 is 0 Å². The molecule has 2 saturated heterocycles. The Morgan fingerprint density at radius 2 is 1.19 bits per heavy atom. The van der Waals surface area contributed by atoms with Gasteiger partial charge in [-0.2, -0.15) is 0 Å². The van der Waals surface area contributed by atoms with Crippen LogP contribution in [0.15, 0.2) is 30.3 Å². The van der Waals surface area contributed by atoms with Crippen LogP contribution in [0, 0.1) is 0 Å². The molecule has 0 bridgehead atoms. The van der Waals surface area contributed by atoms with E-state index in [1.54, 1.807) is 0 Å². The van der Waals surface area contributed by atoms with E-state index in [-0.39, 0.29) is 0 Å². The lowest BCUT2D eigenvalue weighted by atomic mass is 9.93. The van der Waals surface area contributed by atoms with Crippen LogP contribution in [-0.2, 0) is 16.1 Å². The van der Waals surface area contributed by atoms with Crippen LogP contribution in [-0.4, -0.2) is 88.2 Å². The summed E-state index contributed by atoms with van der Waals surface area (Å²) >= 11 is 0. The number of likely N-dealkylation sites (tertiary alicyclic amines) is 1. The van der Waals surface area contributed by atoms with Crippen molar-refractivity contribution >= 4 is 11.9 Å². The van der Waals surface area contributed by atoms with Crippen LogP contribution in [0.5, 0.6) is 0 Å². The van der Waals surface area contributed by atoms with Gasteiger partial charge in [-0.1, -0.05) is 49.6 Å². The summed E-state index contributed by atoms with van der Waals surface area (Å²) in [5.74, 6) is -3.65. The highest BCUT2D eigenvalue weighted by Gasteiger charge is 2.30. The van der Waals surface area contributed by atoms with Crippen molar-refractivity contribution in [1.82, 2.24) is 14.7 Å². The smallest absolute Gasteiger partial charge is 0.414 e. The van der Waals surface area contributed by atoms with Gasteiger partial charge < -0.3 is 10.2 Å². The number of benzene rings is 1. The summed E-state index contributed by atoms with van der Waals surface area (Å²) in [4.78, 5) is 26.5. The first kappa shape index (κ1) is 23.7. The maximum atomic E-state index is 9.10. The first-order valence-corrected chi connectivity index (χ1v) is 11.7. The molecule has 4 rings (SSSR count). The zero-order valence-corrected chi connectivity index (χ0v) is 18.5. The normalized spacial score (nSPS) is 22.5. The topological polar surface area (TPSA) is 84.3 Å². The quantitative estimate of drug-likeness (QED) is 0.709. The van der Waals surface area contributed by atoms with Crippen molar-refractivity contribution < 1.29 is 19.8 Å². The van der Waals surface area contributed by atoms with Crippen molar-refractivity contribution in [2.45, 2.75) is 63.6 Å². The Kier molecular flexibility index (Phi) is 9.31. The number of piperidine rings is 1. The van der Waals surface area contributed by atoms with Gasteiger partial charge in [-0.25, -0.2) is 9.59 Å². The average molecular weight is 432 g/mol. The summed E-state index contributed by atoms with van der Waals surface area (Å²) < 4.78 is 0. The van der Waals surface area contributed by atoms with Crippen LogP contribution in [0.4, 0.5) is 0 Å². The van der Waals surface area contributed by atoms with Gasteiger partial charge in [-0.15, -0.1) is 0 Å². The fourth-order valence-electron chi connectivity index (χ4n) is 5.20. The molecule has 3 fully saturated rings. The summed E-state index contributed by atoms with van der Waals surface area (Å²) in [6, 6.07) is 12.7. The molecule has 0 radical (unpaired) electrons. The summed E-state index contributed by atoms with van der Waals surface area (Å²) in [6.07, 6.45) is 10.0. The Balaban J connectivity index is 0.000000401. The second-order valence-electron chi connectivity index (χ2n) is 8.97. The number of piperazine rings is 1. The van der Waals surface area contributed by atoms with Crippen LogP contribution in [0.1, 0.15) is 50.5 Å². The van der Waals surface area contributed by atoms with Gasteiger partial charge in [0.05, 0.1) is 0 Å². The Hall–Kier alpha value is -1.96. The molecule has 1 aliphatic carbocycles. The standard InChI is InChI=1S/C22H35N3.C2H2O4/c1-3-7-20(8-4-1)19-23-13-11-22(12-14-23)25-17-15-24(16-18-25)21-9-5-2-6-10-21;3-1(4)2(5)6/h1,3-4,7-8,21-22H,2,5-6,9-19H2;(H,3,4)(H,5,6). The van der Waals surface area contributed by atoms with E-state index in [1.165, 1.54) is 89.8 Å². The summed E-state index contributed by atoms with van der Waals surface area (Å²) in [6.45, 7) is 8.90. The van der Waals surface area contributed by atoms with E-state index in [0.29, 0.717) is 0 Å². The Labute approximate surface area is 185 Å². The summed E-state index contributed by atoms with van der Waals surface area (Å²) in [7, 11) is 0. The van der Waals surface area contributed by atoms with E-state index >= 15 is 0 Å². The third kappa shape index (κ3) is 7.59. The molecule has 0 spiro atoms. The molecule has 31 heavy (non-hydrogen) atoms. The Morgan fingerprint density at radius 1 is 0.710 bits per heavy atom. The van der Waals surface area contributed by atoms with Crippen molar-refractivity contribution in [2.24, 2.45) is 0 Å². The highest BCUT2D eigenvalue weighted by molar-refractivity contribution is 6.27. The number of rotatable bonds is 4. The van der Waals surface area contributed by atoms with Gasteiger partial charge in [-0.3, -0.25) is 14.7 Å². The predicted octanol–water partition coefficient (Wildman–Crippen LogP) is 2.76.